The lowest BCUT2D eigenvalue weighted by molar-refractivity contribution is 0.285. The van der Waals surface area contributed by atoms with Gasteiger partial charge in [0, 0.05) is 24.1 Å². The first-order chi connectivity index (χ1) is 7.20. The van der Waals surface area contributed by atoms with Crippen LogP contribution in [0.1, 0.15) is 11.8 Å². The highest BCUT2D eigenvalue weighted by molar-refractivity contribution is 8.00. The number of hydrogen-bond donors (Lipinski definition) is 1. The molecule has 1 saturated heterocycles. The number of hydrogen-bond acceptors (Lipinski definition) is 5. The van der Waals surface area contributed by atoms with Gasteiger partial charge >= 0.3 is 0 Å². The van der Waals surface area contributed by atoms with Crippen molar-refractivity contribution in [2.75, 3.05) is 23.7 Å². The van der Waals surface area contributed by atoms with Gasteiger partial charge in [-0.15, -0.1) is 0 Å². The average Bonchev–Trinajstić information content (AvgIpc) is 2.60. The van der Waals surface area contributed by atoms with Crippen LogP contribution < -0.4 is 4.90 Å². The minimum atomic E-state index is -0.0192. The molecule has 0 radical (unpaired) electrons. The standard InChI is InChI=1S/C9H13ClN2OS2/c1-6-4-12(2-3-14-6)9-11-8(10)7(5-13)15-9/h6,13H,2-5H2,1H3. The molecule has 15 heavy (non-hydrogen) atoms. The molecule has 0 bridgehead atoms. The number of nitrogens with zero attached hydrogens (tertiary/aromatic N) is 2. The van der Waals surface area contributed by atoms with E-state index in [9.17, 15) is 0 Å². The van der Waals surface area contributed by atoms with E-state index in [0.29, 0.717) is 10.4 Å². The second-order valence-corrected chi connectivity index (χ2v) is 6.46. The maximum Gasteiger partial charge on any atom is 0.187 e. The number of rotatable bonds is 2. The molecule has 1 aliphatic heterocycles. The SMILES string of the molecule is CC1CN(c2nc(Cl)c(CO)s2)CCS1. The molecule has 1 fully saturated rings. The van der Waals surface area contributed by atoms with Crippen LogP contribution in [0.3, 0.4) is 0 Å². The smallest absolute Gasteiger partial charge is 0.187 e. The van der Waals surface area contributed by atoms with Crippen molar-refractivity contribution in [1.29, 1.82) is 0 Å². The predicted octanol–water partition coefficient (Wildman–Crippen LogP) is 2.23. The zero-order valence-electron chi connectivity index (χ0n) is 8.44. The van der Waals surface area contributed by atoms with Gasteiger partial charge in [-0.3, -0.25) is 0 Å². The van der Waals surface area contributed by atoms with Gasteiger partial charge in [-0.05, 0) is 0 Å². The van der Waals surface area contributed by atoms with E-state index in [1.165, 1.54) is 11.3 Å². The Morgan fingerprint density at radius 3 is 3.07 bits per heavy atom. The van der Waals surface area contributed by atoms with Crippen LogP contribution in [-0.4, -0.2) is 34.2 Å². The van der Waals surface area contributed by atoms with Crippen LogP contribution in [0, 0.1) is 0 Å². The summed E-state index contributed by atoms with van der Waals surface area (Å²) in [4.78, 5) is 7.29. The first-order valence-corrected chi connectivity index (χ1v) is 7.07. The summed E-state index contributed by atoms with van der Waals surface area (Å²) in [6.07, 6.45) is 0. The topological polar surface area (TPSA) is 36.4 Å². The molecule has 0 saturated carbocycles. The molecule has 0 aromatic carbocycles. The van der Waals surface area contributed by atoms with Gasteiger partial charge in [0.15, 0.2) is 5.13 Å². The molecule has 2 rings (SSSR count). The molecule has 1 atom stereocenters. The van der Waals surface area contributed by atoms with Crippen LogP contribution in [0.2, 0.25) is 5.15 Å². The number of halogens is 1. The first-order valence-electron chi connectivity index (χ1n) is 4.83. The molecule has 1 aromatic rings. The zero-order valence-corrected chi connectivity index (χ0v) is 10.8. The van der Waals surface area contributed by atoms with Crippen molar-refractivity contribution < 1.29 is 5.11 Å². The molecular formula is C9H13ClN2OS2. The minimum absolute atomic E-state index is 0.0192. The third-order valence-corrected chi connectivity index (χ3v) is 4.96. The molecule has 1 aliphatic rings. The van der Waals surface area contributed by atoms with Crippen molar-refractivity contribution in [3.63, 3.8) is 0 Å². The summed E-state index contributed by atoms with van der Waals surface area (Å²) in [5.74, 6) is 1.13. The van der Waals surface area contributed by atoms with Crippen LogP contribution in [0.15, 0.2) is 0 Å². The number of aliphatic hydroxyl groups is 1. The third-order valence-electron chi connectivity index (χ3n) is 2.29. The zero-order chi connectivity index (χ0) is 10.8. The van der Waals surface area contributed by atoms with E-state index < -0.39 is 0 Å². The van der Waals surface area contributed by atoms with Crippen molar-refractivity contribution in [3.8, 4) is 0 Å². The van der Waals surface area contributed by atoms with E-state index in [1.807, 2.05) is 11.8 Å². The minimum Gasteiger partial charge on any atom is -0.391 e. The van der Waals surface area contributed by atoms with Crippen LogP contribution in [0.4, 0.5) is 5.13 Å². The summed E-state index contributed by atoms with van der Waals surface area (Å²) < 4.78 is 0. The fourth-order valence-corrected chi connectivity index (χ4v) is 3.71. The normalized spacial score (nSPS) is 22.1. The van der Waals surface area contributed by atoms with Crippen molar-refractivity contribution in [1.82, 2.24) is 4.98 Å². The maximum absolute atomic E-state index is 9.05. The summed E-state index contributed by atoms with van der Waals surface area (Å²) >= 11 is 9.39. The fourth-order valence-electron chi connectivity index (χ4n) is 1.55. The second kappa shape index (κ2) is 4.91. The molecule has 1 aromatic heterocycles. The number of thioether (sulfide) groups is 1. The number of aliphatic hydroxyl groups excluding tert-OH is 1. The molecule has 1 unspecified atom stereocenters. The molecule has 0 aliphatic carbocycles. The first kappa shape index (κ1) is 11.5. The van der Waals surface area contributed by atoms with E-state index in [1.54, 1.807) is 0 Å². The molecule has 6 heteroatoms. The summed E-state index contributed by atoms with van der Waals surface area (Å²) in [6.45, 7) is 4.23. The van der Waals surface area contributed by atoms with Gasteiger partial charge in [-0.2, -0.15) is 11.8 Å². The summed E-state index contributed by atoms with van der Waals surface area (Å²) in [5, 5.41) is 11.1. The number of aromatic nitrogens is 1. The largest absolute Gasteiger partial charge is 0.391 e. The van der Waals surface area contributed by atoms with Crippen LogP contribution >= 0.6 is 34.7 Å². The van der Waals surface area contributed by atoms with Crippen molar-refractivity contribution in [3.05, 3.63) is 10.0 Å². The highest BCUT2D eigenvalue weighted by Crippen LogP contribution is 2.32. The van der Waals surface area contributed by atoms with Crippen LogP contribution in [0.5, 0.6) is 0 Å². The molecule has 3 nitrogen and oxygen atoms in total. The second-order valence-electron chi connectivity index (χ2n) is 3.50. The Balaban J connectivity index is 2.14. The molecule has 1 N–H and O–H groups in total. The lowest BCUT2D eigenvalue weighted by atomic mass is 10.4. The van der Waals surface area contributed by atoms with E-state index in [-0.39, 0.29) is 6.61 Å². The van der Waals surface area contributed by atoms with Gasteiger partial charge < -0.3 is 10.0 Å². The van der Waals surface area contributed by atoms with E-state index >= 15 is 0 Å². The quantitative estimate of drug-likeness (QED) is 0.889. The Morgan fingerprint density at radius 2 is 2.47 bits per heavy atom. The molecule has 84 valence electrons. The Hall–Kier alpha value is 0.0300. The summed E-state index contributed by atoms with van der Waals surface area (Å²) in [6, 6.07) is 0. The van der Waals surface area contributed by atoms with Gasteiger partial charge in [-0.25, -0.2) is 4.98 Å². The van der Waals surface area contributed by atoms with Crippen molar-refractivity contribution >= 4 is 39.8 Å². The Labute approximate surface area is 102 Å². The lowest BCUT2D eigenvalue weighted by Gasteiger charge is -2.30. The Kier molecular flexibility index (Phi) is 3.77. The van der Waals surface area contributed by atoms with Crippen LogP contribution in [0.25, 0.3) is 0 Å². The van der Waals surface area contributed by atoms with Gasteiger partial charge in [0.25, 0.3) is 0 Å². The van der Waals surface area contributed by atoms with E-state index in [4.69, 9.17) is 16.7 Å². The van der Waals surface area contributed by atoms with E-state index in [0.717, 1.165) is 28.9 Å². The van der Waals surface area contributed by atoms with Gasteiger partial charge in [0.2, 0.25) is 0 Å². The highest BCUT2D eigenvalue weighted by Gasteiger charge is 2.20. The maximum atomic E-state index is 9.05. The van der Waals surface area contributed by atoms with E-state index in [2.05, 4.69) is 16.8 Å². The Bertz CT molecular complexity index is 345. The highest BCUT2D eigenvalue weighted by atomic mass is 35.5. The Morgan fingerprint density at radius 1 is 1.67 bits per heavy atom. The summed E-state index contributed by atoms with van der Waals surface area (Å²) in [5.41, 5.74) is 0. The third kappa shape index (κ3) is 2.58. The molecule has 2 heterocycles. The van der Waals surface area contributed by atoms with Gasteiger partial charge in [-0.1, -0.05) is 29.9 Å². The monoisotopic (exact) mass is 264 g/mol. The molecule has 0 spiro atoms. The fraction of sp³-hybridized carbons (Fsp3) is 0.667. The van der Waals surface area contributed by atoms with Crippen molar-refractivity contribution in [2.24, 2.45) is 0 Å². The van der Waals surface area contributed by atoms with Crippen LogP contribution in [-0.2, 0) is 6.61 Å². The lowest BCUT2D eigenvalue weighted by Crippen LogP contribution is -2.36. The number of anilines is 1. The van der Waals surface area contributed by atoms with Gasteiger partial charge in [0.1, 0.15) is 5.15 Å². The number of thiazole rings is 1. The molecular weight excluding hydrogens is 252 g/mol. The molecule has 0 amide bonds. The van der Waals surface area contributed by atoms with Crippen molar-refractivity contribution in [2.45, 2.75) is 18.8 Å². The van der Waals surface area contributed by atoms with Gasteiger partial charge in [0.05, 0.1) is 11.5 Å². The average molecular weight is 265 g/mol. The summed E-state index contributed by atoms with van der Waals surface area (Å²) in [7, 11) is 0. The predicted molar refractivity (Wildman–Crippen MR) is 67.2 cm³/mol.